The molecule has 1 aromatic carbocycles. The van der Waals surface area contributed by atoms with Gasteiger partial charge in [0.25, 0.3) is 12.1 Å². The van der Waals surface area contributed by atoms with Gasteiger partial charge in [-0.1, -0.05) is 0 Å². The van der Waals surface area contributed by atoms with Crippen LogP contribution in [-0.4, -0.2) is 28.6 Å². The van der Waals surface area contributed by atoms with Crippen LogP contribution in [0.3, 0.4) is 0 Å². The molecule has 0 aromatic heterocycles. The van der Waals surface area contributed by atoms with E-state index in [1.807, 2.05) is 0 Å². The molecule has 1 aliphatic heterocycles. The van der Waals surface area contributed by atoms with Gasteiger partial charge in [0.15, 0.2) is 0 Å². The number of nitro benzene ring substituents is 1. The Labute approximate surface area is 119 Å². The Kier molecular flexibility index (Phi) is 4.06. The second kappa shape index (κ2) is 5.63. The number of anilines is 1. The van der Waals surface area contributed by atoms with Crippen molar-refractivity contribution in [1.82, 2.24) is 0 Å². The van der Waals surface area contributed by atoms with E-state index >= 15 is 0 Å². The predicted octanol–water partition coefficient (Wildman–Crippen LogP) is 2.83. The fourth-order valence-electron chi connectivity index (χ4n) is 2.70. The Bertz CT molecular complexity index is 579. The summed E-state index contributed by atoms with van der Waals surface area (Å²) in [5, 5.41) is 19.8. The van der Waals surface area contributed by atoms with Gasteiger partial charge in [0.1, 0.15) is 0 Å². The lowest BCUT2D eigenvalue weighted by Gasteiger charge is -2.27. The minimum Gasteiger partial charge on any atom is -0.481 e. The Hall–Kier alpha value is -2.25. The van der Waals surface area contributed by atoms with Crippen LogP contribution in [0.25, 0.3) is 0 Å². The van der Waals surface area contributed by atoms with Crippen molar-refractivity contribution >= 4 is 17.3 Å². The molecule has 1 aliphatic rings. The van der Waals surface area contributed by atoms with Crippen molar-refractivity contribution in [1.29, 1.82) is 0 Å². The first-order valence-corrected chi connectivity index (χ1v) is 6.39. The van der Waals surface area contributed by atoms with E-state index in [4.69, 9.17) is 5.11 Å². The number of benzene rings is 1. The number of aliphatic carboxylic acids is 1. The highest BCUT2D eigenvalue weighted by Crippen LogP contribution is 2.38. The molecule has 21 heavy (non-hydrogen) atoms. The zero-order valence-electron chi connectivity index (χ0n) is 11.2. The molecule has 0 saturated carbocycles. The average Bonchev–Trinajstić information content (AvgIpc) is 2.79. The van der Waals surface area contributed by atoms with Gasteiger partial charge in [-0.05, 0) is 19.4 Å². The molecule has 114 valence electrons. The van der Waals surface area contributed by atoms with Crippen molar-refractivity contribution in [3.05, 3.63) is 33.9 Å². The highest BCUT2D eigenvalue weighted by molar-refractivity contribution is 5.73. The van der Waals surface area contributed by atoms with Crippen LogP contribution in [0.4, 0.5) is 20.2 Å². The van der Waals surface area contributed by atoms with Crippen LogP contribution in [0.2, 0.25) is 0 Å². The number of hydrogen-bond donors (Lipinski definition) is 1. The second-order valence-electron chi connectivity index (χ2n) is 4.97. The van der Waals surface area contributed by atoms with E-state index < -0.39 is 40.5 Å². The Morgan fingerprint density at radius 2 is 2.19 bits per heavy atom. The summed E-state index contributed by atoms with van der Waals surface area (Å²) in [7, 11) is 0. The predicted molar refractivity (Wildman–Crippen MR) is 70.6 cm³/mol. The lowest BCUT2D eigenvalue weighted by atomic mass is 10.0. The summed E-state index contributed by atoms with van der Waals surface area (Å²) >= 11 is 0. The molecule has 0 amide bonds. The second-order valence-corrected chi connectivity index (χ2v) is 4.97. The SMILES string of the molecule is CC1C(C(=O)O)CCN1c1ccc([N+](=O)[O-])cc1C(F)F. The van der Waals surface area contributed by atoms with Crippen LogP contribution in [0, 0.1) is 16.0 Å². The molecule has 0 aliphatic carbocycles. The molecule has 1 fully saturated rings. The van der Waals surface area contributed by atoms with E-state index in [1.165, 1.54) is 6.07 Å². The third kappa shape index (κ3) is 2.79. The summed E-state index contributed by atoms with van der Waals surface area (Å²) in [6.45, 7) is 1.98. The molecule has 1 aromatic rings. The minimum atomic E-state index is -2.86. The number of carboxylic acids is 1. The van der Waals surface area contributed by atoms with E-state index in [9.17, 15) is 23.7 Å². The highest BCUT2D eigenvalue weighted by Gasteiger charge is 2.37. The van der Waals surface area contributed by atoms with Crippen molar-refractivity contribution in [2.24, 2.45) is 5.92 Å². The molecule has 1 heterocycles. The monoisotopic (exact) mass is 300 g/mol. The molecule has 1 saturated heterocycles. The number of alkyl halides is 2. The molecular weight excluding hydrogens is 286 g/mol. The molecule has 8 heteroatoms. The van der Waals surface area contributed by atoms with E-state index in [0.717, 1.165) is 12.1 Å². The molecular formula is C13H14F2N2O4. The Morgan fingerprint density at radius 3 is 2.67 bits per heavy atom. The largest absolute Gasteiger partial charge is 0.481 e. The molecule has 0 bridgehead atoms. The average molecular weight is 300 g/mol. The van der Waals surface area contributed by atoms with Gasteiger partial charge in [-0.15, -0.1) is 0 Å². The first-order valence-electron chi connectivity index (χ1n) is 6.39. The van der Waals surface area contributed by atoms with Crippen molar-refractivity contribution in [3.8, 4) is 0 Å². The standard InChI is InChI=1S/C13H14F2N2O4/c1-7-9(13(18)19)4-5-16(7)11-3-2-8(17(20)21)6-10(11)12(14)15/h2-3,6-7,9,12H,4-5H2,1H3,(H,18,19). The third-order valence-corrected chi connectivity index (χ3v) is 3.84. The lowest BCUT2D eigenvalue weighted by Crippen LogP contribution is -2.33. The topological polar surface area (TPSA) is 83.7 Å². The van der Waals surface area contributed by atoms with E-state index in [2.05, 4.69) is 0 Å². The third-order valence-electron chi connectivity index (χ3n) is 3.84. The van der Waals surface area contributed by atoms with Gasteiger partial charge in [-0.3, -0.25) is 14.9 Å². The van der Waals surface area contributed by atoms with Gasteiger partial charge in [0, 0.05) is 36.0 Å². The molecule has 0 radical (unpaired) electrons. The van der Waals surface area contributed by atoms with Crippen molar-refractivity contribution in [2.75, 3.05) is 11.4 Å². The zero-order chi connectivity index (χ0) is 15.7. The summed E-state index contributed by atoms with van der Waals surface area (Å²) in [5.74, 6) is -1.60. The molecule has 6 nitrogen and oxygen atoms in total. The van der Waals surface area contributed by atoms with E-state index in [-0.39, 0.29) is 5.69 Å². The summed E-state index contributed by atoms with van der Waals surface area (Å²) in [5.41, 5.74) is -0.690. The normalized spacial score (nSPS) is 21.8. The van der Waals surface area contributed by atoms with Crippen LogP contribution in [0.1, 0.15) is 25.3 Å². The maximum absolute atomic E-state index is 13.1. The summed E-state index contributed by atoms with van der Waals surface area (Å²) < 4.78 is 26.3. The number of nitro groups is 1. The number of nitrogens with zero attached hydrogens (tertiary/aromatic N) is 2. The maximum Gasteiger partial charge on any atom is 0.308 e. The van der Waals surface area contributed by atoms with Crippen LogP contribution in [0.15, 0.2) is 18.2 Å². The van der Waals surface area contributed by atoms with E-state index in [0.29, 0.717) is 13.0 Å². The van der Waals surface area contributed by atoms with Gasteiger partial charge in [0.05, 0.1) is 10.8 Å². The molecule has 2 rings (SSSR count). The van der Waals surface area contributed by atoms with Gasteiger partial charge >= 0.3 is 5.97 Å². The van der Waals surface area contributed by atoms with Crippen LogP contribution < -0.4 is 4.90 Å². The Morgan fingerprint density at radius 1 is 1.52 bits per heavy atom. The van der Waals surface area contributed by atoms with E-state index in [1.54, 1.807) is 11.8 Å². The molecule has 1 N–H and O–H groups in total. The highest BCUT2D eigenvalue weighted by atomic mass is 19.3. The first-order chi connectivity index (χ1) is 9.82. The van der Waals surface area contributed by atoms with Gasteiger partial charge in [0.2, 0.25) is 0 Å². The maximum atomic E-state index is 13.1. The summed E-state index contributed by atoms with van der Waals surface area (Å²) in [6, 6.07) is 2.82. The minimum absolute atomic E-state index is 0.159. The number of carboxylic acid groups (broad SMARTS) is 1. The van der Waals surface area contributed by atoms with Crippen LogP contribution in [-0.2, 0) is 4.79 Å². The number of halogens is 2. The summed E-state index contributed by atoms with van der Waals surface area (Å²) in [4.78, 5) is 22.6. The smallest absolute Gasteiger partial charge is 0.308 e. The van der Waals surface area contributed by atoms with Gasteiger partial charge in [-0.25, -0.2) is 8.78 Å². The van der Waals surface area contributed by atoms with Crippen LogP contribution in [0.5, 0.6) is 0 Å². The van der Waals surface area contributed by atoms with Gasteiger partial charge in [-0.2, -0.15) is 0 Å². The quantitative estimate of drug-likeness (QED) is 0.682. The van der Waals surface area contributed by atoms with Crippen LogP contribution >= 0.6 is 0 Å². The molecule has 2 atom stereocenters. The number of non-ortho nitro benzene ring substituents is 1. The summed E-state index contributed by atoms with van der Waals surface area (Å²) in [6.07, 6.45) is -2.51. The van der Waals surface area contributed by atoms with Crippen molar-refractivity contribution in [3.63, 3.8) is 0 Å². The molecule has 0 spiro atoms. The van der Waals surface area contributed by atoms with Gasteiger partial charge < -0.3 is 10.0 Å². The number of hydrogen-bond acceptors (Lipinski definition) is 4. The number of rotatable bonds is 4. The first kappa shape index (κ1) is 15.1. The Balaban J connectivity index is 2.40. The van der Waals surface area contributed by atoms with Crippen molar-refractivity contribution < 1.29 is 23.6 Å². The fraction of sp³-hybridized carbons (Fsp3) is 0.462. The lowest BCUT2D eigenvalue weighted by molar-refractivity contribution is -0.385. The fourth-order valence-corrected chi connectivity index (χ4v) is 2.70. The van der Waals surface area contributed by atoms with Crippen molar-refractivity contribution in [2.45, 2.75) is 25.8 Å². The molecule has 2 unspecified atom stereocenters. The zero-order valence-corrected chi connectivity index (χ0v) is 11.2. The number of carbonyl (C=O) groups is 1.